The van der Waals surface area contributed by atoms with Gasteiger partial charge in [-0.3, -0.25) is 0 Å². The molecule has 0 saturated heterocycles. The lowest BCUT2D eigenvalue weighted by molar-refractivity contribution is 0.0734. The van der Waals surface area contributed by atoms with Crippen molar-refractivity contribution in [3.05, 3.63) is 66.1 Å². The van der Waals surface area contributed by atoms with Crippen LogP contribution >= 0.6 is 0 Å². The van der Waals surface area contributed by atoms with E-state index in [0.717, 1.165) is 24.7 Å². The van der Waals surface area contributed by atoms with Gasteiger partial charge in [0, 0.05) is 5.41 Å². The van der Waals surface area contributed by atoms with Crippen LogP contribution in [0.2, 0.25) is 0 Å². The molecule has 0 aliphatic heterocycles. The molecular weight excluding hydrogens is 392 g/mol. The van der Waals surface area contributed by atoms with Crippen LogP contribution in [0.3, 0.4) is 0 Å². The Bertz CT molecular complexity index is 886. The van der Waals surface area contributed by atoms with E-state index < -0.39 is 15.8 Å². The van der Waals surface area contributed by atoms with Crippen molar-refractivity contribution < 1.29 is 27.4 Å². The van der Waals surface area contributed by atoms with Crippen molar-refractivity contribution in [2.45, 2.75) is 25.7 Å². The molecule has 156 valence electrons. The SMILES string of the molecule is C=CS(=O)(=O)CCCCCCOc1ccc(C(=O)Oc2ccc(OC)cc2)cc1. The van der Waals surface area contributed by atoms with Gasteiger partial charge in [0.1, 0.15) is 17.2 Å². The summed E-state index contributed by atoms with van der Waals surface area (Å²) in [6.45, 7) is 3.83. The van der Waals surface area contributed by atoms with Gasteiger partial charge in [0.05, 0.1) is 25.0 Å². The third-order valence-corrected chi connectivity index (χ3v) is 5.57. The molecule has 0 atom stereocenters. The van der Waals surface area contributed by atoms with Crippen LogP contribution in [-0.4, -0.2) is 33.9 Å². The van der Waals surface area contributed by atoms with Crippen LogP contribution < -0.4 is 14.2 Å². The Labute approximate surface area is 172 Å². The summed E-state index contributed by atoms with van der Waals surface area (Å²) in [7, 11) is -1.53. The van der Waals surface area contributed by atoms with E-state index in [4.69, 9.17) is 14.2 Å². The zero-order chi connectivity index (χ0) is 21.1. The highest BCUT2D eigenvalue weighted by Gasteiger charge is 2.09. The van der Waals surface area contributed by atoms with Crippen molar-refractivity contribution in [2.75, 3.05) is 19.5 Å². The fraction of sp³-hybridized carbons (Fsp3) is 0.318. The zero-order valence-corrected chi connectivity index (χ0v) is 17.3. The summed E-state index contributed by atoms with van der Waals surface area (Å²) in [6.07, 6.45) is 3.17. The Morgan fingerprint density at radius 3 is 2.10 bits per heavy atom. The van der Waals surface area contributed by atoms with E-state index in [-0.39, 0.29) is 5.75 Å². The molecule has 0 heterocycles. The predicted octanol–water partition coefficient (Wildman–Crippen LogP) is 4.41. The van der Waals surface area contributed by atoms with E-state index >= 15 is 0 Å². The number of esters is 1. The van der Waals surface area contributed by atoms with Crippen LogP contribution in [0.4, 0.5) is 0 Å². The number of carbonyl (C=O) groups is 1. The number of hydrogen-bond acceptors (Lipinski definition) is 6. The lowest BCUT2D eigenvalue weighted by atomic mass is 10.2. The second-order valence-electron chi connectivity index (χ2n) is 6.39. The summed E-state index contributed by atoms with van der Waals surface area (Å²) in [5.41, 5.74) is 0.427. The van der Waals surface area contributed by atoms with Gasteiger partial charge in [-0.1, -0.05) is 19.4 Å². The van der Waals surface area contributed by atoms with Gasteiger partial charge in [-0.25, -0.2) is 13.2 Å². The number of sulfone groups is 1. The van der Waals surface area contributed by atoms with E-state index in [1.165, 1.54) is 0 Å². The first-order chi connectivity index (χ1) is 13.9. The molecule has 7 heteroatoms. The fourth-order valence-electron chi connectivity index (χ4n) is 2.53. The van der Waals surface area contributed by atoms with Crippen molar-refractivity contribution in [1.29, 1.82) is 0 Å². The van der Waals surface area contributed by atoms with Gasteiger partial charge in [0.15, 0.2) is 9.84 Å². The second kappa shape index (κ2) is 11.3. The van der Waals surface area contributed by atoms with Crippen LogP contribution in [-0.2, 0) is 9.84 Å². The molecule has 0 unspecified atom stereocenters. The lowest BCUT2D eigenvalue weighted by Gasteiger charge is -2.08. The molecule has 0 fully saturated rings. The van der Waals surface area contributed by atoms with Crippen LogP contribution in [0, 0.1) is 0 Å². The number of methoxy groups -OCH3 is 1. The second-order valence-corrected chi connectivity index (χ2v) is 8.45. The third-order valence-electron chi connectivity index (χ3n) is 4.21. The minimum Gasteiger partial charge on any atom is -0.497 e. The molecule has 2 aromatic carbocycles. The fourth-order valence-corrected chi connectivity index (χ4v) is 3.30. The van der Waals surface area contributed by atoms with E-state index in [2.05, 4.69) is 6.58 Å². The molecule has 2 aromatic rings. The Hall–Kier alpha value is -2.80. The summed E-state index contributed by atoms with van der Waals surface area (Å²) in [5.74, 6) is 1.49. The third kappa shape index (κ3) is 7.99. The minimum absolute atomic E-state index is 0.144. The number of rotatable bonds is 12. The molecule has 0 bridgehead atoms. The monoisotopic (exact) mass is 418 g/mol. The quantitative estimate of drug-likeness (QED) is 0.289. The summed E-state index contributed by atoms with van der Waals surface area (Å²) in [6, 6.07) is 13.5. The van der Waals surface area contributed by atoms with Gasteiger partial charge in [0.2, 0.25) is 0 Å². The van der Waals surface area contributed by atoms with Gasteiger partial charge in [-0.05, 0) is 61.4 Å². The van der Waals surface area contributed by atoms with Gasteiger partial charge < -0.3 is 14.2 Å². The smallest absolute Gasteiger partial charge is 0.343 e. The summed E-state index contributed by atoms with van der Waals surface area (Å²) in [4.78, 5) is 12.2. The van der Waals surface area contributed by atoms with Crippen LogP contribution in [0.25, 0.3) is 0 Å². The summed E-state index contributed by atoms with van der Waals surface area (Å²) < 4.78 is 38.6. The van der Waals surface area contributed by atoms with Gasteiger partial charge >= 0.3 is 5.97 Å². The highest BCUT2D eigenvalue weighted by Crippen LogP contribution is 2.19. The normalized spacial score (nSPS) is 10.9. The molecule has 29 heavy (non-hydrogen) atoms. The van der Waals surface area contributed by atoms with Gasteiger partial charge in [0.25, 0.3) is 0 Å². The van der Waals surface area contributed by atoms with Crippen molar-refractivity contribution in [2.24, 2.45) is 0 Å². The van der Waals surface area contributed by atoms with Crippen LogP contribution in [0.15, 0.2) is 60.5 Å². The van der Waals surface area contributed by atoms with Gasteiger partial charge in [-0.15, -0.1) is 0 Å². The van der Waals surface area contributed by atoms with Crippen LogP contribution in [0.5, 0.6) is 17.2 Å². The molecule has 6 nitrogen and oxygen atoms in total. The van der Waals surface area contributed by atoms with Crippen LogP contribution in [0.1, 0.15) is 36.0 Å². The number of unbranched alkanes of at least 4 members (excludes halogenated alkanes) is 3. The molecule has 2 rings (SSSR count). The maximum Gasteiger partial charge on any atom is 0.343 e. The standard InChI is InChI=1S/C22H26O6S/c1-3-29(24,25)17-7-5-4-6-16-27-20-10-8-18(9-11-20)22(23)28-21-14-12-19(26-2)13-15-21/h3,8-15H,1,4-7,16-17H2,2H3. The van der Waals surface area contributed by atoms with Crippen molar-refractivity contribution in [3.8, 4) is 17.2 Å². The Morgan fingerprint density at radius 2 is 1.48 bits per heavy atom. The zero-order valence-electron chi connectivity index (χ0n) is 16.5. The first-order valence-electron chi connectivity index (χ1n) is 9.38. The van der Waals surface area contributed by atoms with Crippen molar-refractivity contribution >= 4 is 15.8 Å². The topological polar surface area (TPSA) is 78.9 Å². The highest BCUT2D eigenvalue weighted by molar-refractivity contribution is 7.94. The van der Waals surface area contributed by atoms with Gasteiger partial charge in [-0.2, -0.15) is 0 Å². The lowest BCUT2D eigenvalue weighted by Crippen LogP contribution is -2.08. The van der Waals surface area contributed by atoms with E-state index in [1.54, 1.807) is 55.6 Å². The number of ether oxygens (including phenoxy) is 3. The minimum atomic E-state index is -3.10. The Balaban J connectivity index is 1.69. The highest BCUT2D eigenvalue weighted by atomic mass is 32.2. The number of hydrogen-bond donors (Lipinski definition) is 0. The largest absolute Gasteiger partial charge is 0.497 e. The Morgan fingerprint density at radius 1 is 0.897 bits per heavy atom. The van der Waals surface area contributed by atoms with E-state index in [0.29, 0.717) is 35.8 Å². The number of benzene rings is 2. The molecule has 0 saturated carbocycles. The molecule has 0 aliphatic rings. The molecule has 0 spiro atoms. The number of carbonyl (C=O) groups excluding carboxylic acids is 1. The summed E-state index contributed by atoms with van der Waals surface area (Å²) in [5, 5.41) is 1.01. The van der Waals surface area contributed by atoms with E-state index in [9.17, 15) is 13.2 Å². The van der Waals surface area contributed by atoms with Crippen molar-refractivity contribution in [1.82, 2.24) is 0 Å². The van der Waals surface area contributed by atoms with E-state index in [1.807, 2.05) is 0 Å². The molecular formula is C22H26O6S. The molecule has 0 aliphatic carbocycles. The average molecular weight is 419 g/mol. The average Bonchev–Trinajstić information content (AvgIpc) is 2.74. The molecule has 0 aromatic heterocycles. The molecule has 0 amide bonds. The van der Waals surface area contributed by atoms with Crippen molar-refractivity contribution in [3.63, 3.8) is 0 Å². The molecule has 0 radical (unpaired) electrons. The Kier molecular flexibility index (Phi) is 8.73. The predicted molar refractivity (Wildman–Crippen MR) is 112 cm³/mol. The first-order valence-corrected chi connectivity index (χ1v) is 11.1. The first kappa shape index (κ1) is 22.5. The molecule has 0 N–H and O–H groups in total. The summed E-state index contributed by atoms with van der Waals surface area (Å²) >= 11 is 0. The maximum absolute atomic E-state index is 12.2. The maximum atomic E-state index is 12.2.